The molecule has 166 valence electrons. The predicted molar refractivity (Wildman–Crippen MR) is 120 cm³/mol. The number of amides is 1. The highest BCUT2D eigenvalue weighted by Crippen LogP contribution is 2.32. The van der Waals surface area contributed by atoms with Gasteiger partial charge in [0, 0.05) is 28.8 Å². The second-order valence-electron chi connectivity index (χ2n) is 8.46. The molecule has 0 fully saturated rings. The average molecular weight is 435 g/mol. The van der Waals surface area contributed by atoms with E-state index in [4.69, 9.17) is 0 Å². The number of nitro benzene ring substituents is 1. The normalized spacial score (nSPS) is 11.8. The molecule has 0 aliphatic carbocycles. The molecule has 0 heterocycles. The number of carbonyl (C=O) groups is 2. The first-order valence-corrected chi connectivity index (χ1v) is 9.80. The molecule has 1 N–H and O–H groups in total. The van der Waals surface area contributed by atoms with Crippen LogP contribution < -0.4 is 5.32 Å². The molecule has 8 heteroatoms. The lowest BCUT2D eigenvalue weighted by Crippen LogP contribution is -2.31. The minimum Gasteiger partial charge on any atom is -0.465 e. The molecule has 2 aromatic rings. The summed E-state index contributed by atoms with van der Waals surface area (Å²) in [7, 11) is 1.14. The lowest BCUT2D eigenvalue weighted by molar-refractivity contribution is -0.384. The Morgan fingerprint density at radius 3 is 2.03 bits per heavy atom. The number of allylic oxidation sites excluding steroid dienone is 2. The van der Waals surface area contributed by atoms with Crippen molar-refractivity contribution in [2.75, 3.05) is 7.11 Å². The molecule has 0 aliphatic heterocycles. The number of methoxy groups -OCH3 is 1. The molecule has 0 aromatic heterocycles. The Balaban J connectivity index is 2.64. The summed E-state index contributed by atoms with van der Waals surface area (Å²) in [6, 6.07) is 11.2. The minimum absolute atomic E-state index is 0.0981. The van der Waals surface area contributed by atoms with Gasteiger partial charge in [-0.3, -0.25) is 14.9 Å². The van der Waals surface area contributed by atoms with Gasteiger partial charge in [0.25, 0.3) is 11.6 Å². The summed E-state index contributed by atoms with van der Waals surface area (Å²) in [5.74, 6) is -1.48. The van der Waals surface area contributed by atoms with E-state index in [-0.39, 0.29) is 16.7 Å². The van der Waals surface area contributed by atoms with Gasteiger partial charge in [0.05, 0.1) is 23.2 Å². The van der Waals surface area contributed by atoms with Crippen molar-refractivity contribution < 1.29 is 19.2 Å². The van der Waals surface area contributed by atoms with Crippen LogP contribution in [0, 0.1) is 40.7 Å². The minimum atomic E-state index is -0.803. The van der Waals surface area contributed by atoms with Gasteiger partial charge in [0.1, 0.15) is 6.07 Å². The first-order valence-electron chi connectivity index (χ1n) is 9.80. The zero-order valence-corrected chi connectivity index (χ0v) is 18.9. The zero-order valence-electron chi connectivity index (χ0n) is 18.9. The molecule has 2 aromatic carbocycles. The van der Waals surface area contributed by atoms with Crippen LogP contribution in [0.3, 0.4) is 0 Å². The van der Waals surface area contributed by atoms with Crippen molar-refractivity contribution in [1.82, 2.24) is 5.32 Å². The molecule has 0 radical (unpaired) electrons. The van der Waals surface area contributed by atoms with Crippen molar-refractivity contribution in [3.63, 3.8) is 0 Å². The Kier molecular flexibility index (Phi) is 7.16. The van der Waals surface area contributed by atoms with Crippen LogP contribution in [0.2, 0.25) is 0 Å². The number of carbonyl (C=O) groups excluding carboxylic acids is 2. The molecule has 0 bridgehead atoms. The predicted octanol–water partition coefficient (Wildman–Crippen LogP) is 4.71. The third-order valence-corrected chi connectivity index (χ3v) is 4.67. The molecule has 0 saturated carbocycles. The molecule has 1 amide bonds. The van der Waals surface area contributed by atoms with Crippen molar-refractivity contribution in [1.29, 1.82) is 5.26 Å². The van der Waals surface area contributed by atoms with E-state index in [2.05, 4.69) is 16.1 Å². The summed E-state index contributed by atoms with van der Waals surface area (Å²) < 4.78 is 4.63. The number of nitrogens with zero attached hydrogens (tertiary/aromatic N) is 2. The number of hydrogen-bond donors (Lipinski definition) is 1. The van der Waals surface area contributed by atoms with E-state index in [0.717, 1.165) is 30.4 Å². The van der Waals surface area contributed by atoms with E-state index in [9.17, 15) is 25.0 Å². The smallest absolute Gasteiger partial charge is 0.338 e. The van der Waals surface area contributed by atoms with Crippen molar-refractivity contribution in [3.05, 3.63) is 80.0 Å². The highest BCUT2D eigenvalue weighted by molar-refractivity contribution is 6.00. The van der Waals surface area contributed by atoms with E-state index < -0.39 is 27.9 Å². The number of nitrogens with one attached hydrogen (secondary N) is 1. The first-order chi connectivity index (χ1) is 14.9. The Bertz CT molecular complexity index is 1150. The third-order valence-electron chi connectivity index (χ3n) is 4.67. The SMILES string of the molecule is COC(=O)c1cc(C(=O)N/C(=C(/C#N)c2cc(C)cc(C)c2)C(C)(C)C)cc([N+](=O)[O-])c1. The molecule has 0 atom stereocenters. The Morgan fingerprint density at radius 2 is 1.56 bits per heavy atom. The van der Waals surface area contributed by atoms with Crippen LogP contribution in [-0.2, 0) is 4.74 Å². The number of non-ortho nitro benzene ring substituents is 1. The van der Waals surface area contributed by atoms with E-state index >= 15 is 0 Å². The van der Waals surface area contributed by atoms with Crippen LogP contribution in [0.25, 0.3) is 5.57 Å². The molecule has 0 spiro atoms. The average Bonchev–Trinajstić information content (AvgIpc) is 2.71. The van der Waals surface area contributed by atoms with Crippen molar-refractivity contribution in [2.24, 2.45) is 5.41 Å². The van der Waals surface area contributed by atoms with Gasteiger partial charge in [-0.1, -0.05) is 50.1 Å². The van der Waals surface area contributed by atoms with Crippen LogP contribution >= 0.6 is 0 Å². The summed E-state index contributed by atoms with van der Waals surface area (Å²) >= 11 is 0. The standard InChI is InChI=1S/C24H25N3O5/c1-14-7-15(2)9-16(8-14)20(13-25)21(24(3,4)5)26-22(28)17-10-18(23(29)32-6)12-19(11-17)27(30)31/h7-12H,1-6H3,(H,26,28)/b21-20-. The van der Waals surface area contributed by atoms with Crippen molar-refractivity contribution in [2.45, 2.75) is 34.6 Å². The van der Waals surface area contributed by atoms with Gasteiger partial charge in [-0.25, -0.2) is 4.79 Å². The molecular weight excluding hydrogens is 410 g/mol. The second kappa shape index (κ2) is 9.43. The number of rotatable bonds is 5. The van der Waals surface area contributed by atoms with E-state index in [0.29, 0.717) is 11.3 Å². The van der Waals surface area contributed by atoms with Gasteiger partial charge in [0.2, 0.25) is 0 Å². The van der Waals surface area contributed by atoms with Crippen molar-refractivity contribution in [3.8, 4) is 6.07 Å². The fourth-order valence-corrected chi connectivity index (χ4v) is 3.28. The van der Waals surface area contributed by atoms with Crippen LogP contribution in [0.4, 0.5) is 5.69 Å². The van der Waals surface area contributed by atoms with Gasteiger partial charge in [-0.05, 0) is 25.5 Å². The lowest BCUT2D eigenvalue weighted by Gasteiger charge is -2.26. The number of nitro groups is 1. The largest absolute Gasteiger partial charge is 0.465 e. The van der Waals surface area contributed by atoms with Crippen molar-refractivity contribution >= 4 is 23.1 Å². The number of hydrogen-bond acceptors (Lipinski definition) is 6. The molecule has 0 aliphatic rings. The maximum atomic E-state index is 13.1. The summed E-state index contributed by atoms with van der Waals surface area (Å²) in [6.45, 7) is 9.36. The van der Waals surface area contributed by atoms with Gasteiger partial charge >= 0.3 is 5.97 Å². The summed E-state index contributed by atoms with van der Waals surface area (Å²) in [4.78, 5) is 35.6. The zero-order chi connectivity index (χ0) is 24.2. The van der Waals surface area contributed by atoms with Crippen LogP contribution in [-0.4, -0.2) is 23.9 Å². The summed E-state index contributed by atoms with van der Waals surface area (Å²) in [5, 5.41) is 24.0. The van der Waals surface area contributed by atoms with Crippen LogP contribution in [0.15, 0.2) is 42.1 Å². The Hall–Kier alpha value is -3.99. The van der Waals surface area contributed by atoms with E-state index in [1.165, 1.54) is 6.07 Å². The quantitative estimate of drug-likeness (QED) is 0.314. The Labute approximate surface area is 186 Å². The molecule has 8 nitrogen and oxygen atoms in total. The van der Waals surface area contributed by atoms with E-state index in [1.807, 2.05) is 52.8 Å². The third kappa shape index (κ3) is 5.58. The van der Waals surface area contributed by atoms with Crippen LogP contribution in [0.1, 0.15) is 58.2 Å². The number of esters is 1. The molecule has 2 rings (SSSR count). The molecule has 0 unspecified atom stereocenters. The molecule has 32 heavy (non-hydrogen) atoms. The maximum absolute atomic E-state index is 13.1. The fraction of sp³-hybridized carbons (Fsp3) is 0.292. The maximum Gasteiger partial charge on any atom is 0.338 e. The number of ether oxygens (including phenoxy) is 1. The highest BCUT2D eigenvalue weighted by atomic mass is 16.6. The molecular formula is C24H25N3O5. The number of nitriles is 1. The lowest BCUT2D eigenvalue weighted by atomic mass is 9.86. The summed E-state index contributed by atoms with van der Waals surface area (Å²) in [5.41, 5.74) is 1.96. The van der Waals surface area contributed by atoms with Crippen LogP contribution in [0.5, 0.6) is 0 Å². The van der Waals surface area contributed by atoms with Gasteiger partial charge in [0.15, 0.2) is 0 Å². The highest BCUT2D eigenvalue weighted by Gasteiger charge is 2.26. The second-order valence-corrected chi connectivity index (χ2v) is 8.46. The van der Waals surface area contributed by atoms with Gasteiger partial charge in [-0.2, -0.15) is 5.26 Å². The molecule has 0 saturated heterocycles. The van der Waals surface area contributed by atoms with Gasteiger partial charge in [-0.15, -0.1) is 0 Å². The number of benzene rings is 2. The summed E-state index contributed by atoms with van der Waals surface area (Å²) in [6.07, 6.45) is 0. The topological polar surface area (TPSA) is 122 Å². The Morgan fingerprint density at radius 1 is 1.00 bits per heavy atom. The number of aryl methyl sites for hydroxylation is 2. The van der Waals surface area contributed by atoms with E-state index in [1.54, 1.807) is 0 Å². The fourth-order valence-electron chi connectivity index (χ4n) is 3.28. The first kappa shape index (κ1) is 24.3. The van der Waals surface area contributed by atoms with Gasteiger partial charge < -0.3 is 10.1 Å². The monoisotopic (exact) mass is 435 g/mol.